The van der Waals surface area contributed by atoms with Gasteiger partial charge in [-0.2, -0.15) is 0 Å². The van der Waals surface area contributed by atoms with Gasteiger partial charge in [0.1, 0.15) is 0 Å². The second kappa shape index (κ2) is 9.74. The van der Waals surface area contributed by atoms with Gasteiger partial charge in [0.15, 0.2) is 6.61 Å². The van der Waals surface area contributed by atoms with Gasteiger partial charge >= 0.3 is 5.97 Å². The highest BCUT2D eigenvalue weighted by atomic mass is 32.2. The van der Waals surface area contributed by atoms with E-state index in [9.17, 15) is 22.8 Å². The van der Waals surface area contributed by atoms with Crippen molar-refractivity contribution < 1.29 is 27.5 Å². The third-order valence-corrected chi connectivity index (χ3v) is 4.41. The molecular weight excluding hydrogens is 350 g/mol. The number of rotatable bonds is 9. The highest BCUT2D eigenvalue weighted by molar-refractivity contribution is 7.89. The molecule has 1 aromatic carbocycles. The Morgan fingerprint density at radius 2 is 1.84 bits per heavy atom. The van der Waals surface area contributed by atoms with E-state index < -0.39 is 28.5 Å². The largest absolute Gasteiger partial charge is 0.452 e. The maximum atomic E-state index is 11.9. The number of benzene rings is 1. The number of hydrogen-bond donors (Lipinski definition) is 3. The summed E-state index contributed by atoms with van der Waals surface area (Å²) in [6.07, 6.45) is 0.777. The molecule has 3 N–H and O–H groups in total. The Labute approximate surface area is 146 Å². The van der Waals surface area contributed by atoms with Crippen LogP contribution in [-0.4, -0.2) is 52.9 Å². The van der Waals surface area contributed by atoms with E-state index in [4.69, 9.17) is 4.74 Å². The van der Waals surface area contributed by atoms with Gasteiger partial charge in [-0.15, -0.1) is 0 Å². The Morgan fingerprint density at radius 1 is 1.12 bits per heavy atom. The first kappa shape index (κ1) is 20.6. The van der Waals surface area contributed by atoms with Crippen LogP contribution in [0.3, 0.4) is 0 Å². The zero-order valence-corrected chi connectivity index (χ0v) is 14.8. The smallest absolute Gasteiger partial charge is 0.338 e. The number of ether oxygens (including phenoxy) is 1. The molecule has 0 aliphatic heterocycles. The average Bonchev–Trinajstić information content (AvgIpc) is 2.62. The van der Waals surface area contributed by atoms with Gasteiger partial charge in [0.05, 0.1) is 17.0 Å². The molecule has 25 heavy (non-hydrogen) atoms. The van der Waals surface area contributed by atoms with Crippen molar-refractivity contribution in [2.45, 2.75) is 18.2 Å². The van der Waals surface area contributed by atoms with E-state index >= 15 is 0 Å². The Morgan fingerprint density at radius 3 is 2.48 bits per heavy atom. The van der Waals surface area contributed by atoms with Crippen LogP contribution < -0.4 is 15.4 Å². The van der Waals surface area contributed by atoms with E-state index in [1.807, 2.05) is 6.92 Å². The molecule has 0 aliphatic carbocycles. The molecule has 0 heterocycles. The van der Waals surface area contributed by atoms with Crippen LogP contribution in [0.15, 0.2) is 29.2 Å². The monoisotopic (exact) mass is 371 g/mol. The van der Waals surface area contributed by atoms with Crippen molar-refractivity contribution in [3.05, 3.63) is 29.8 Å². The average molecular weight is 371 g/mol. The van der Waals surface area contributed by atoms with Crippen LogP contribution in [0, 0.1) is 0 Å². The fourth-order valence-corrected chi connectivity index (χ4v) is 2.45. The highest BCUT2D eigenvalue weighted by Gasteiger charge is 2.16. The Bertz CT molecular complexity index is 733. The summed E-state index contributed by atoms with van der Waals surface area (Å²) in [6, 6.07) is 5.22. The van der Waals surface area contributed by atoms with Crippen molar-refractivity contribution in [1.82, 2.24) is 15.4 Å². The second-order valence-electron chi connectivity index (χ2n) is 4.94. The molecule has 0 fully saturated rings. The van der Waals surface area contributed by atoms with Crippen LogP contribution >= 0.6 is 0 Å². The number of hydrogen-bond acceptors (Lipinski definition) is 6. The van der Waals surface area contributed by atoms with E-state index in [2.05, 4.69) is 15.4 Å². The lowest BCUT2D eigenvalue weighted by Crippen LogP contribution is -2.38. The van der Waals surface area contributed by atoms with Gasteiger partial charge < -0.3 is 15.4 Å². The summed E-state index contributed by atoms with van der Waals surface area (Å²) in [5.41, 5.74) is -0.00943. The molecule has 138 valence electrons. The Kier molecular flexibility index (Phi) is 8.02. The third-order valence-electron chi connectivity index (χ3n) is 3.00. The van der Waals surface area contributed by atoms with Gasteiger partial charge in [0.25, 0.3) is 5.91 Å². The summed E-state index contributed by atoms with van der Waals surface area (Å²) in [5.74, 6) is -1.83. The summed E-state index contributed by atoms with van der Waals surface area (Å²) in [7, 11) is -2.44. The van der Waals surface area contributed by atoms with Gasteiger partial charge in [-0.25, -0.2) is 17.9 Å². The first-order valence-electron chi connectivity index (χ1n) is 7.54. The predicted octanol–water partition coefficient (Wildman–Crippen LogP) is -0.606. The maximum Gasteiger partial charge on any atom is 0.338 e. The summed E-state index contributed by atoms with van der Waals surface area (Å²) < 4.78 is 30.3. The van der Waals surface area contributed by atoms with Crippen LogP contribution in [0.5, 0.6) is 0 Å². The molecule has 0 unspecified atom stereocenters. The number of sulfonamides is 1. The van der Waals surface area contributed by atoms with E-state index in [0.717, 1.165) is 12.5 Å². The minimum absolute atomic E-state index is 0.00943. The molecule has 9 nitrogen and oxygen atoms in total. The first-order chi connectivity index (χ1) is 11.8. The Hall–Kier alpha value is -2.46. The molecule has 0 aliphatic rings. The summed E-state index contributed by atoms with van der Waals surface area (Å²) in [6.45, 7) is 1.61. The van der Waals surface area contributed by atoms with E-state index in [0.29, 0.717) is 6.54 Å². The van der Waals surface area contributed by atoms with Crippen molar-refractivity contribution in [1.29, 1.82) is 0 Å². The Balaban J connectivity index is 2.53. The van der Waals surface area contributed by atoms with Crippen LogP contribution in [0.25, 0.3) is 0 Å². The van der Waals surface area contributed by atoms with Gasteiger partial charge in [-0.05, 0) is 31.7 Å². The molecule has 0 spiro atoms. The number of carbonyl (C=O) groups is 3. The minimum Gasteiger partial charge on any atom is -0.452 e. The minimum atomic E-state index is -3.69. The topological polar surface area (TPSA) is 131 Å². The number of carbonyl (C=O) groups excluding carboxylic acids is 3. The van der Waals surface area contributed by atoms with Crippen molar-refractivity contribution >= 4 is 27.8 Å². The molecule has 2 amide bonds. The predicted molar refractivity (Wildman–Crippen MR) is 89.3 cm³/mol. The fourth-order valence-electron chi connectivity index (χ4n) is 1.68. The number of nitrogens with one attached hydrogen (secondary N) is 3. The second-order valence-corrected chi connectivity index (χ2v) is 6.82. The standard InChI is InChI=1S/C15H21N3O6S/c1-3-7-17-13(19)9-18-14(20)10-24-15(21)11-5-4-6-12(8-11)25(22,23)16-2/h4-6,8,16H,3,7,9-10H2,1-2H3,(H,17,19)(H,18,20). The molecule has 0 aromatic heterocycles. The highest BCUT2D eigenvalue weighted by Crippen LogP contribution is 2.12. The molecule has 0 radical (unpaired) electrons. The van der Waals surface area contributed by atoms with Crippen LogP contribution in [0.2, 0.25) is 0 Å². The molecule has 1 rings (SSSR count). The summed E-state index contributed by atoms with van der Waals surface area (Å²) in [5, 5.41) is 4.89. The number of esters is 1. The zero-order chi connectivity index (χ0) is 18.9. The SMILES string of the molecule is CCCNC(=O)CNC(=O)COC(=O)c1cccc(S(=O)(=O)NC)c1. The third kappa shape index (κ3) is 6.89. The normalized spacial score (nSPS) is 10.8. The summed E-state index contributed by atoms with van der Waals surface area (Å²) in [4.78, 5) is 34.7. The number of amides is 2. The van der Waals surface area contributed by atoms with Crippen LogP contribution in [0.4, 0.5) is 0 Å². The molecular formula is C15H21N3O6S. The molecule has 0 bridgehead atoms. The van der Waals surface area contributed by atoms with Crippen molar-refractivity contribution in [3.8, 4) is 0 Å². The summed E-state index contributed by atoms with van der Waals surface area (Å²) >= 11 is 0. The molecule has 0 saturated heterocycles. The zero-order valence-electron chi connectivity index (χ0n) is 14.0. The van der Waals surface area contributed by atoms with Crippen LogP contribution in [0.1, 0.15) is 23.7 Å². The van der Waals surface area contributed by atoms with E-state index in [-0.39, 0.29) is 22.9 Å². The van der Waals surface area contributed by atoms with Crippen molar-refractivity contribution in [2.75, 3.05) is 26.7 Å². The fraction of sp³-hybridized carbons (Fsp3) is 0.400. The quantitative estimate of drug-likeness (QED) is 0.497. The van der Waals surface area contributed by atoms with E-state index in [1.54, 1.807) is 0 Å². The lowest BCUT2D eigenvalue weighted by atomic mass is 10.2. The van der Waals surface area contributed by atoms with Crippen molar-refractivity contribution in [3.63, 3.8) is 0 Å². The van der Waals surface area contributed by atoms with Gasteiger partial charge in [0, 0.05) is 6.54 Å². The van der Waals surface area contributed by atoms with E-state index in [1.165, 1.54) is 25.2 Å². The maximum absolute atomic E-state index is 11.9. The molecule has 0 saturated carbocycles. The molecule has 1 aromatic rings. The van der Waals surface area contributed by atoms with Crippen molar-refractivity contribution in [2.24, 2.45) is 0 Å². The van der Waals surface area contributed by atoms with Gasteiger partial charge in [0.2, 0.25) is 15.9 Å². The lowest BCUT2D eigenvalue weighted by Gasteiger charge is -2.08. The molecule has 0 atom stereocenters. The van der Waals surface area contributed by atoms with Gasteiger partial charge in [-0.1, -0.05) is 13.0 Å². The van der Waals surface area contributed by atoms with Gasteiger partial charge in [-0.3, -0.25) is 9.59 Å². The lowest BCUT2D eigenvalue weighted by molar-refractivity contribution is -0.127. The van der Waals surface area contributed by atoms with Crippen LogP contribution in [-0.2, 0) is 24.3 Å². The molecule has 10 heteroatoms. The first-order valence-corrected chi connectivity index (χ1v) is 9.02.